The minimum absolute atomic E-state index is 0.138. The van der Waals surface area contributed by atoms with Crippen LogP contribution in [0.4, 0.5) is 13.2 Å². The first-order valence-corrected chi connectivity index (χ1v) is 12.4. The molecule has 34 heavy (non-hydrogen) atoms. The Morgan fingerprint density at radius 2 is 1.65 bits per heavy atom. The molecular weight excluding hydrogens is 433 g/mol. The first-order valence-electron chi connectivity index (χ1n) is 12.4. The summed E-state index contributed by atoms with van der Waals surface area (Å²) < 4.78 is 47.3. The third kappa shape index (κ3) is 5.69. The maximum absolute atomic E-state index is 14.8. The summed E-state index contributed by atoms with van der Waals surface area (Å²) >= 11 is 0. The number of fused-ring (bicyclic) bond motifs is 1. The number of halogens is 3. The third-order valence-electron chi connectivity index (χ3n) is 7.71. The summed E-state index contributed by atoms with van der Waals surface area (Å²) in [6, 6.07) is 7.45. The van der Waals surface area contributed by atoms with Crippen molar-refractivity contribution in [1.29, 1.82) is 0 Å². The maximum Gasteiger partial charge on any atom is 0.190 e. The molecule has 2 aliphatic rings. The normalized spacial score (nSPS) is 24.4. The Labute approximate surface area is 201 Å². The van der Waals surface area contributed by atoms with Gasteiger partial charge in [0.1, 0.15) is 5.82 Å². The van der Waals surface area contributed by atoms with Gasteiger partial charge in [0.05, 0.1) is 12.7 Å². The van der Waals surface area contributed by atoms with Crippen LogP contribution < -0.4 is 4.74 Å². The second kappa shape index (κ2) is 11.2. The van der Waals surface area contributed by atoms with Gasteiger partial charge in [-0.05, 0) is 105 Å². The van der Waals surface area contributed by atoms with Crippen molar-refractivity contribution >= 4 is 0 Å². The van der Waals surface area contributed by atoms with Gasteiger partial charge < -0.3 is 4.74 Å². The van der Waals surface area contributed by atoms with Crippen LogP contribution in [0, 0.1) is 47.0 Å². The average molecular weight is 467 g/mol. The molecule has 2 aliphatic carbocycles. The van der Waals surface area contributed by atoms with E-state index < -0.39 is 17.4 Å². The first-order chi connectivity index (χ1) is 16.5. The summed E-state index contributed by atoms with van der Waals surface area (Å²) in [6.45, 7) is 2.09. The highest BCUT2D eigenvalue weighted by molar-refractivity contribution is 5.46. The van der Waals surface area contributed by atoms with E-state index in [1.54, 1.807) is 12.1 Å². The molecule has 2 aromatic rings. The Balaban J connectivity index is 1.40. The molecule has 0 aromatic heterocycles. The molecule has 0 radical (unpaired) electrons. The minimum Gasteiger partial charge on any atom is -0.491 e. The van der Waals surface area contributed by atoms with Gasteiger partial charge in [-0.15, -0.1) is 0 Å². The summed E-state index contributed by atoms with van der Waals surface area (Å²) in [6.07, 6.45) is 14.4. The van der Waals surface area contributed by atoms with Crippen molar-refractivity contribution in [3.05, 3.63) is 76.6 Å². The van der Waals surface area contributed by atoms with E-state index in [2.05, 4.69) is 35.7 Å². The molecule has 0 N–H and O–H groups in total. The SMILES string of the molecule is C/C=C/CCC1CCC2CC(c3ccc(C#Cc4cc(F)c(OC)c(F)c4)c(F)c3)CCC2C1. The van der Waals surface area contributed by atoms with Crippen molar-refractivity contribution in [1.82, 2.24) is 0 Å². The fraction of sp³-hybridized carbons (Fsp3) is 0.467. The Morgan fingerprint density at radius 1 is 0.912 bits per heavy atom. The molecule has 0 spiro atoms. The van der Waals surface area contributed by atoms with Crippen LogP contribution in [0.25, 0.3) is 0 Å². The van der Waals surface area contributed by atoms with Crippen molar-refractivity contribution in [3.8, 4) is 17.6 Å². The van der Waals surface area contributed by atoms with Crippen LogP contribution in [-0.4, -0.2) is 7.11 Å². The molecule has 4 rings (SSSR count). The second-order valence-electron chi connectivity index (χ2n) is 9.82. The fourth-order valence-electron chi connectivity index (χ4n) is 5.90. The summed E-state index contributed by atoms with van der Waals surface area (Å²) in [7, 11) is 1.20. The van der Waals surface area contributed by atoms with Crippen LogP contribution in [0.3, 0.4) is 0 Å². The predicted octanol–water partition coefficient (Wildman–Crippen LogP) is 8.17. The Kier molecular flexibility index (Phi) is 8.03. The largest absolute Gasteiger partial charge is 0.491 e. The second-order valence-corrected chi connectivity index (χ2v) is 9.82. The topological polar surface area (TPSA) is 9.23 Å². The monoisotopic (exact) mass is 466 g/mol. The molecule has 2 aromatic carbocycles. The molecule has 0 amide bonds. The summed E-state index contributed by atoms with van der Waals surface area (Å²) in [5.74, 6) is 5.72. The van der Waals surface area contributed by atoms with Crippen LogP contribution in [-0.2, 0) is 0 Å². The van der Waals surface area contributed by atoms with E-state index in [1.807, 2.05) is 6.07 Å². The number of methoxy groups -OCH3 is 1. The molecule has 0 bridgehead atoms. The van der Waals surface area contributed by atoms with Gasteiger partial charge in [-0.3, -0.25) is 0 Å². The van der Waals surface area contributed by atoms with E-state index in [0.29, 0.717) is 5.92 Å². The molecule has 4 unspecified atom stereocenters. The molecule has 4 atom stereocenters. The number of allylic oxidation sites excluding steroid dienone is 2. The van der Waals surface area contributed by atoms with Gasteiger partial charge in [-0.25, -0.2) is 13.2 Å². The van der Waals surface area contributed by atoms with Crippen molar-refractivity contribution in [2.24, 2.45) is 17.8 Å². The van der Waals surface area contributed by atoms with Crippen molar-refractivity contribution in [2.75, 3.05) is 7.11 Å². The molecule has 0 saturated heterocycles. The van der Waals surface area contributed by atoms with E-state index in [0.717, 1.165) is 48.3 Å². The molecule has 180 valence electrons. The predicted molar refractivity (Wildman–Crippen MR) is 130 cm³/mol. The van der Waals surface area contributed by atoms with Gasteiger partial charge in [-0.2, -0.15) is 0 Å². The molecule has 2 fully saturated rings. The number of ether oxygens (including phenoxy) is 1. The Bertz CT molecular complexity index is 1070. The lowest BCUT2D eigenvalue weighted by Gasteiger charge is -2.42. The van der Waals surface area contributed by atoms with Gasteiger partial charge in [0.25, 0.3) is 0 Å². The van der Waals surface area contributed by atoms with Crippen molar-refractivity contribution < 1.29 is 17.9 Å². The van der Waals surface area contributed by atoms with E-state index in [4.69, 9.17) is 0 Å². The van der Waals surface area contributed by atoms with Crippen LogP contribution in [0.5, 0.6) is 5.75 Å². The van der Waals surface area contributed by atoms with E-state index in [-0.39, 0.29) is 16.9 Å². The molecule has 0 aliphatic heterocycles. The van der Waals surface area contributed by atoms with Gasteiger partial charge >= 0.3 is 0 Å². The highest BCUT2D eigenvalue weighted by atomic mass is 19.1. The zero-order valence-electron chi connectivity index (χ0n) is 20.0. The van der Waals surface area contributed by atoms with Gasteiger partial charge in [0.2, 0.25) is 0 Å². The third-order valence-corrected chi connectivity index (χ3v) is 7.71. The minimum atomic E-state index is -0.829. The number of rotatable bonds is 5. The molecule has 0 heterocycles. The van der Waals surface area contributed by atoms with Crippen LogP contribution in [0.1, 0.15) is 80.9 Å². The van der Waals surface area contributed by atoms with Crippen LogP contribution in [0.15, 0.2) is 42.5 Å². The molecular formula is C30H33F3O. The Hall–Kier alpha value is -2.67. The quantitative estimate of drug-likeness (QED) is 0.319. The zero-order chi connectivity index (χ0) is 24.1. The molecule has 2 saturated carbocycles. The standard InChI is InChI=1S/C30H33F3O/c1-3-4-5-6-20-7-10-24-18-25(14-13-23(24)15-20)26-12-11-22(27(31)19-26)9-8-21-16-28(32)30(34-2)29(33)17-21/h3-4,11-12,16-17,19-20,23-25H,5-7,10,13-15,18H2,1-2H3/b4-3+. The molecule has 4 heteroatoms. The first kappa shape index (κ1) is 24.5. The number of benzene rings is 2. The fourth-order valence-corrected chi connectivity index (χ4v) is 5.90. The van der Waals surface area contributed by atoms with Gasteiger partial charge in [-0.1, -0.05) is 36.5 Å². The zero-order valence-corrected chi connectivity index (χ0v) is 20.0. The van der Waals surface area contributed by atoms with E-state index in [9.17, 15) is 13.2 Å². The molecule has 1 nitrogen and oxygen atoms in total. The van der Waals surface area contributed by atoms with Gasteiger partial charge in [0.15, 0.2) is 17.4 Å². The van der Waals surface area contributed by atoms with Crippen molar-refractivity contribution in [2.45, 2.75) is 64.2 Å². The smallest absolute Gasteiger partial charge is 0.190 e. The van der Waals surface area contributed by atoms with E-state index >= 15 is 0 Å². The number of hydrogen-bond donors (Lipinski definition) is 0. The lowest BCUT2D eigenvalue weighted by molar-refractivity contribution is 0.115. The summed E-state index contributed by atoms with van der Waals surface area (Å²) in [4.78, 5) is 0. The summed E-state index contributed by atoms with van der Waals surface area (Å²) in [5, 5.41) is 0. The average Bonchev–Trinajstić information content (AvgIpc) is 2.83. The highest BCUT2D eigenvalue weighted by Crippen LogP contribution is 2.48. The number of hydrogen-bond acceptors (Lipinski definition) is 1. The van der Waals surface area contributed by atoms with Crippen LogP contribution in [0.2, 0.25) is 0 Å². The van der Waals surface area contributed by atoms with E-state index in [1.165, 1.54) is 45.6 Å². The lowest BCUT2D eigenvalue weighted by atomic mass is 9.63. The maximum atomic E-state index is 14.8. The van der Waals surface area contributed by atoms with Crippen molar-refractivity contribution in [3.63, 3.8) is 0 Å². The highest BCUT2D eigenvalue weighted by Gasteiger charge is 2.35. The van der Waals surface area contributed by atoms with Gasteiger partial charge in [0, 0.05) is 5.56 Å². The Morgan fingerprint density at radius 3 is 2.35 bits per heavy atom. The van der Waals surface area contributed by atoms with Crippen LogP contribution >= 0.6 is 0 Å². The summed E-state index contributed by atoms with van der Waals surface area (Å²) in [5.41, 5.74) is 1.41. The lowest BCUT2D eigenvalue weighted by Crippen LogP contribution is -2.30.